The standard InChI is InChI=1S/C9H16Cl2N2O2/c1-9(2,3)15-8(14)13-5-4-12-6-7(10)11/h6-7H,4-5H2,1-3H3,(H,13,14). The van der Waals surface area contributed by atoms with Crippen molar-refractivity contribution >= 4 is 35.5 Å². The second kappa shape index (κ2) is 6.90. The molecule has 0 aromatic carbocycles. The first kappa shape index (κ1) is 14.5. The molecule has 1 N–H and O–H groups in total. The van der Waals surface area contributed by atoms with Gasteiger partial charge in [0.1, 0.15) is 10.4 Å². The molecule has 0 saturated carbocycles. The van der Waals surface area contributed by atoms with Gasteiger partial charge >= 0.3 is 6.09 Å². The van der Waals surface area contributed by atoms with Crippen LogP contribution in [0.2, 0.25) is 0 Å². The van der Waals surface area contributed by atoms with Crippen molar-refractivity contribution in [3.8, 4) is 0 Å². The van der Waals surface area contributed by atoms with Crippen LogP contribution in [0, 0.1) is 0 Å². The molecule has 15 heavy (non-hydrogen) atoms. The Hall–Kier alpha value is -0.480. The highest BCUT2D eigenvalue weighted by Crippen LogP contribution is 2.05. The van der Waals surface area contributed by atoms with Crippen LogP contribution in [-0.4, -0.2) is 35.8 Å². The third kappa shape index (κ3) is 11.4. The van der Waals surface area contributed by atoms with E-state index in [0.717, 1.165) is 0 Å². The summed E-state index contributed by atoms with van der Waals surface area (Å²) in [5.41, 5.74) is -0.481. The number of alkyl halides is 2. The maximum Gasteiger partial charge on any atom is 0.407 e. The van der Waals surface area contributed by atoms with Crippen molar-refractivity contribution < 1.29 is 9.53 Å². The van der Waals surface area contributed by atoms with Crippen LogP contribution in [0.4, 0.5) is 4.79 Å². The minimum Gasteiger partial charge on any atom is -0.444 e. The molecule has 88 valence electrons. The zero-order valence-electron chi connectivity index (χ0n) is 9.09. The minimum atomic E-state index is -0.605. The number of alkyl carbamates (subject to hydrolysis) is 1. The number of amides is 1. The van der Waals surface area contributed by atoms with E-state index < -0.39 is 16.5 Å². The molecule has 0 aliphatic rings. The Bertz CT molecular complexity index is 225. The second-order valence-electron chi connectivity index (χ2n) is 3.82. The molecule has 0 bridgehead atoms. The molecule has 6 heteroatoms. The Morgan fingerprint density at radius 2 is 2.13 bits per heavy atom. The molecule has 0 radical (unpaired) electrons. The fourth-order valence-electron chi connectivity index (χ4n) is 0.691. The summed E-state index contributed by atoms with van der Waals surface area (Å²) in [5.74, 6) is 0. The van der Waals surface area contributed by atoms with E-state index in [1.54, 1.807) is 20.8 Å². The molecule has 0 unspecified atom stereocenters. The van der Waals surface area contributed by atoms with Crippen LogP contribution in [0.15, 0.2) is 4.99 Å². The van der Waals surface area contributed by atoms with Crippen LogP contribution in [0.25, 0.3) is 0 Å². The monoisotopic (exact) mass is 254 g/mol. The summed E-state index contributed by atoms with van der Waals surface area (Å²) >= 11 is 10.8. The molecule has 0 heterocycles. The Balaban J connectivity index is 3.56. The summed E-state index contributed by atoms with van der Waals surface area (Å²) in [6.45, 7) is 6.23. The summed E-state index contributed by atoms with van der Waals surface area (Å²) in [4.78, 5) is 14.4. The van der Waals surface area contributed by atoms with E-state index >= 15 is 0 Å². The molecular formula is C9H16Cl2N2O2. The number of hydrogen-bond donors (Lipinski definition) is 1. The van der Waals surface area contributed by atoms with Crippen molar-refractivity contribution in [1.29, 1.82) is 0 Å². The maximum atomic E-state index is 11.1. The number of hydrogen-bond acceptors (Lipinski definition) is 3. The van der Waals surface area contributed by atoms with Gasteiger partial charge in [-0.25, -0.2) is 4.79 Å². The predicted octanol–water partition coefficient (Wildman–Crippen LogP) is 2.39. The number of nitrogens with one attached hydrogen (secondary N) is 1. The van der Waals surface area contributed by atoms with Crippen LogP contribution in [0.1, 0.15) is 20.8 Å². The number of halogens is 2. The summed E-state index contributed by atoms with van der Waals surface area (Å²) in [6, 6.07) is 0. The number of ether oxygens (including phenoxy) is 1. The lowest BCUT2D eigenvalue weighted by atomic mass is 10.2. The molecule has 0 aromatic heterocycles. The van der Waals surface area contributed by atoms with E-state index in [1.165, 1.54) is 6.21 Å². The molecule has 0 saturated heterocycles. The second-order valence-corrected chi connectivity index (χ2v) is 4.98. The van der Waals surface area contributed by atoms with Gasteiger partial charge in [0.05, 0.1) is 6.54 Å². The third-order valence-electron chi connectivity index (χ3n) is 1.13. The van der Waals surface area contributed by atoms with E-state index in [4.69, 9.17) is 27.9 Å². The topological polar surface area (TPSA) is 50.7 Å². The van der Waals surface area contributed by atoms with Gasteiger partial charge in [-0.1, -0.05) is 23.2 Å². The first-order chi connectivity index (χ1) is 6.81. The van der Waals surface area contributed by atoms with Gasteiger partial charge in [-0.05, 0) is 20.8 Å². The fourth-order valence-corrected chi connectivity index (χ4v) is 0.850. The van der Waals surface area contributed by atoms with Crippen LogP contribution < -0.4 is 5.32 Å². The van der Waals surface area contributed by atoms with E-state index in [0.29, 0.717) is 13.1 Å². The van der Waals surface area contributed by atoms with Crippen LogP contribution >= 0.6 is 23.2 Å². The van der Waals surface area contributed by atoms with Crippen molar-refractivity contribution in [2.45, 2.75) is 31.2 Å². The largest absolute Gasteiger partial charge is 0.444 e. The summed E-state index contributed by atoms with van der Waals surface area (Å²) in [7, 11) is 0. The van der Waals surface area contributed by atoms with Gasteiger partial charge in [-0.2, -0.15) is 0 Å². The minimum absolute atomic E-state index is 0.395. The average Bonchev–Trinajstić information content (AvgIpc) is 1.99. The van der Waals surface area contributed by atoms with E-state index in [2.05, 4.69) is 10.3 Å². The normalized spacial score (nSPS) is 12.1. The highest BCUT2D eigenvalue weighted by atomic mass is 35.5. The van der Waals surface area contributed by atoms with Crippen molar-refractivity contribution in [1.82, 2.24) is 5.32 Å². The highest BCUT2D eigenvalue weighted by molar-refractivity contribution is 6.51. The number of aliphatic imine (C=N–C) groups is 1. The van der Waals surface area contributed by atoms with Crippen molar-refractivity contribution in [3.05, 3.63) is 0 Å². The lowest BCUT2D eigenvalue weighted by Gasteiger charge is -2.19. The number of carbonyl (C=O) groups is 1. The van der Waals surface area contributed by atoms with Crippen molar-refractivity contribution in [3.63, 3.8) is 0 Å². The summed E-state index contributed by atoms with van der Waals surface area (Å²) < 4.78 is 5.01. The molecule has 1 amide bonds. The predicted molar refractivity (Wildman–Crippen MR) is 63.1 cm³/mol. The SMILES string of the molecule is CC(C)(C)OC(=O)NCCN=CC(Cl)Cl. The van der Waals surface area contributed by atoms with Gasteiger partial charge in [-0.15, -0.1) is 0 Å². The summed E-state index contributed by atoms with van der Waals surface area (Å²) in [6.07, 6.45) is 0.950. The molecule has 0 spiro atoms. The summed E-state index contributed by atoms with van der Waals surface area (Å²) in [5, 5.41) is 2.55. The van der Waals surface area contributed by atoms with Gasteiger partial charge in [0.15, 0.2) is 0 Å². The van der Waals surface area contributed by atoms with Crippen molar-refractivity contribution in [2.75, 3.05) is 13.1 Å². The average molecular weight is 255 g/mol. The number of carbonyl (C=O) groups excluding carboxylic acids is 1. The van der Waals surface area contributed by atoms with Crippen molar-refractivity contribution in [2.24, 2.45) is 4.99 Å². The molecule has 0 rings (SSSR count). The number of nitrogens with zero attached hydrogens (tertiary/aromatic N) is 1. The van der Waals surface area contributed by atoms with Gasteiger partial charge in [-0.3, -0.25) is 4.99 Å². The Morgan fingerprint density at radius 3 is 2.60 bits per heavy atom. The molecule has 0 atom stereocenters. The quantitative estimate of drug-likeness (QED) is 0.476. The third-order valence-corrected chi connectivity index (χ3v) is 1.35. The molecule has 4 nitrogen and oxygen atoms in total. The Morgan fingerprint density at radius 1 is 1.53 bits per heavy atom. The molecule has 0 fully saturated rings. The lowest BCUT2D eigenvalue weighted by Crippen LogP contribution is -2.33. The van der Waals surface area contributed by atoms with Crippen LogP contribution in [0.5, 0.6) is 0 Å². The number of rotatable bonds is 4. The van der Waals surface area contributed by atoms with Gasteiger partial charge < -0.3 is 10.1 Å². The Kier molecular flexibility index (Phi) is 6.68. The maximum absolute atomic E-state index is 11.1. The van der Waals surface area contributed by atoms with Gasteiger partial charge in [0.2, 0.25) is 0 Å². The first-order valence-electron chi connectivity index (χ1n) is 4.56. The smallest absolute Gasteiger partial charge is 0.407 e. The van der Waals surface area contributed by atoms with Gasteiger partial charge in [0.25, 0.3) is 0 Å². The van der Waals surface area contributed by atoms with Gasteiger partial charge in [0, 0.05) is 12.8 Å². The zero-order valence-corrected chi connectivity index (χ0v) is 10.6. The highest BCUT2D eigenvalue weighted by Gasteiger charge is 2.15. The molecular weight excluding hydrogens is 239 g/mol. The zero-order chi connectivity index (χ0) is 11.9. The van der Waals surface area contributed by atoms with Crippen LogP contribution in [0.3, 0.4) is 0 Å². The Labute approximate surface area is 100.0 Å². The van der Waals surface area contributed by atoms with E-state index in [-0.39, 0.29) is 0 Å². The molecule has 0 aromatic rings. The van der Waals surface area contributed by atoms with E-state index in [1.807, 2.05) is 0 Å². The van der Waals surface area contributed by atoms with E-state index in [9.17, 15) is 4.79 Å². The fraction of sp³-hybridized carbons (Fsp3) is 0.778. The first-order valence-corrected chi connectivity index (χ1v) is 5.43. The van der Waals surface area contributed by atoms with Crippen LogP contribution in [-0.2, 0) is 4.74 Å². The molecule has 0 aliphatic heterocycles. The molecule has 0 aliphatic carbocycles. The lowest BCUT2D eigenvalue weighted by molar-refractivity contribution is 0.0529.